The first-order valence-electron chi connectivity index (χ1n) is 9.55. The summed E-state index contributed by atoms with van der Waals surface area (Å²) in [6.45, 7) is 0. The maximum atomic E-state index is 6.48. The van der Waals surface area contributed by atoms with E-state index >= 15 is 0 Å². The molecule has 0 aliphatic heterocycles. The van der Waals surface area contributed by atoms with Crippen LogP contribution in [0.4, 0.5) is 0 Å². The van der Waals surface area contributed by atoms with E-state index in [1.807, 2.05) is 0 Å². The maximum Gasteiger partial charge on any atom is 0.160 e. The Kier molecular flexibility index (Phi) is 2.52. The number of nitrogens with one attached hydrogen (secondary N) is 1. The molecular weight excluding hydrogens is 342 g/mol. The molecule has 0 unspecified atom stereocenters. The number of fused-ring (bicyclic) bond motifs is 12. The van der Waals surface area contributed by atoms with Crippen LogP contribution in [0.25, 0.3) is 65.3 Å². The van der Waals surface area contributed by atoms with Crippen LogP contribution in [0.15, 0.2) is 89.3 Å². The van der Waals surface area contributed by atoms with Gasteiger partial charge in [-0.1, -0.05) is 72.8 Å². The Bertz CT molecular complexity index is 1720. The van der Waals surface area contributed by atoms with E-state index in [-0.39, 0.29) is 0 Å². The fourth-order valence-corrected chi connectivity index (χ4v) is 4.81. The zero-order chi connectivity index (χ0) is 18.2. The van der Waals surface area contributed by atoms with Crippen molar-refractivity contribution in [3.8, 4) is 0 Å². The molecule has 0 atom stereocenters. The first kappa shape index (κ1) is 14.3. The summed E-state index contributed by atoms with van der Waals surface area (Å²) in [5.41, 5.74) is 4.09. The minimum absolute atomic E-state index is 0.935. The summed E-state index contributed by atoms with van der Waals surface area (Å²) >= 11 is 0. The first-order chi connectivity index (χ1) is 13.9. The summed E-state index contributed by atoms with van der Waals surface area (Å²) in [5, 5.41) is 9.84. The molecule has 5 aromatic carbocycles. The molecule has 7 aromatic rings. The first-order valence-corrected chi connectivity index (χ1v) is 9.55. The Hall–Kier alpha value is -3.78. The third-order valence-electron chi connectivity index (χ3n) is 5.98. The molecule has 0 bridgehead atoms. The molecule has 0 spiro atoms. The van der Waals surface area contributed by atoms with E-state index in [9.17, 15) is 0 Å². The molecule has 0 aliphatic rings. The van der Waals surface area contributed by atoms with Gasteiger partial charge in [0.15, 0.2) is 5.58 Å². The van der Waals surface area contributed by atoms with E-state index < -0.39 is 0 Å². The van der Waals surface area contributed by atoms with Gasteiger partial charge in [0, 0.05) is 27.1 Å². The van der Waals surface area contributed by atoms with Crippen molar-refractivity contribution in [2.24, 2.45) is 0 Å². The lowest BCUT2D eigenvalue weighted by atomic mass is 9.97. The number of benzene rings is 5. The number of aromatic amines is 1. The Morgan fingerprint density at radius 1 is 0.536 bits per heavy atom. The van der Waals surface area contributed by atoms with Gasteiger partial charge in [-0.15, -0.1) is 0 Å². The summed E-state index contributed by atoms with van der Waals surface area (Å²) in [6, 6.07) is 30.0. The van der Waals surface area contributed by atoms with Crippen LogP contribution in [0.1, 0.15) is 0 Å². The van der Waals surface area contributed by atoms with Gasteiger partial charge in [-0.2, -0.15) is 0 Å². The van der Waals surface area contributed by atoms with Gasteiger partial charge in [-0.05, 0) is 33.7 Å². The molecule has 130 valence electrons. The van der Waals surface area contributed by atoms with Gasteiger partial charge >= 0.3 is 0 Å². The molecule has 28 heavy (non-hydrogen) atoms. The SMILES string of the molecule is c1ccc2c(c1)ccc1oc3c4[nH]c5ccccc5c4c4ccccc4c3c12. The van der Waals surface area contributed by atoms with Gasteiger partial charge in [0.25, 0.3) is 0 Å². The summed E-state index contributed by atoms with van der Waals surface area (Å²) in [5.74, 6) is 0. The predicted molar refractivity (Wildman–Crippen MR) is 118 cm³/mol. The molecule has 2 heteroatoms. The second-order valence-corrected chi connectivity index (χ2v) is 7.43. The number of hydrogen-bond donors (Lipinski definition) is 1. The van der Waals surface area contributed by atoms with Gasteiger partial charge in [-0.25, -0.2) is 0 Å². The van der Waals surface area contributed by atoms with Crippen LogP contribution in [0.5, 0.6) is 0 Å². The maximum absolute atomic E-state index is 6.48. The van der Waals surface area contributed by atoms with Crippen LogP contribution in [0.3, 0.4) is 0 Å². The van der Waals surface area contributed by atoms with Crippen LogP contribution >= 0.6 is 0 Å². The Balaban J connectivity index is 1.90. The Labute approximate surface area is 160 Å². The largest absolute Gasteiger partial charge is 0.454 e. The molecule has 0 radical (unpaired) electrons. The van der Waals surface area contributed by atoms with Crippen LogP contribution in [-0.4, -0.2) is 4.98 Å². The summed E-state index contributed by atoms with van der Waals surface area (Å²) in [6.07, 6.45) is 0. The zero-order valence-corrected chi connectivity index (χ0v) is 15.0. The van der Waals surface area contributed by atoms with E-state index in [1.54, 1.807) is 0 Å². The quantitative estimate of drug-likeness (QED) is 0.299. The normalized spacial score (nSPS) is 12.3. The third kappa shape index (κ3) is 1.64. The third-order valence-corrected chi connectivity index (χ3v) is 5.98. The van der Waals surface area contributed by atoms with Crippen LogP contribution in [-0.2, 0) is 0 Å². The van der Waals surface area contributed by atoms with Crippen molar-refractivity contribution in [1.82, 2.24) is 4.98 Å². The molecule has 7 rings (SSSR count). The molecule has 1 N–H and O–H groups in total. The molecule has 0 aliphatic carbocycles. The van der Waals surface area contributed by atoms with Crippen LogP contribution < -0.4 is 0 Å². The Morgan fingerprint density at radius 2 is 1.21 bits per heavy atom. The standard InChI is InChI=1S/C26H15NO/c1-2-8-16-15(7-1)13-14-21-23(16)24-18-10-4-3-9-17(18)22-19-11-5-6-12-20(19)27-25(22)26(24)28-21/h1-14,27H. The highest BCUT2D eigenvalue weighted by molar-refractivity contribution is 6.36. The smallest absolute Gasteiger partial charge is 0.160 e. The summed E-state index contributed by atoms with van der Waals surface area (Å²) in [7, 11) is 0. The van der Waals surface area contributed by atoms with Crippen molar-refractivity contribution >= 4 is 65.3 Å². The van der Waals surface area contributed by atoms with E-state index in [1.165, 1.54) is 43.1 Å². The van der Waals surface area contributed by atoms with Gasteiger partial charge in [0.05, 0.1) is 5.52 Å². The molecule has 0 fully saturated rings. The molecule has 0 saturated carbocycles. The number of hydrogen-bond acceptors (Lipinski definition) is 1. The van der Waals surface area contributed by atoms with Gasteiger partial charge in [0.2, 0.25) is 0 Å². The molecule has 0 saturated heterocycles. The molecule has 2 aromatic heterocycles. The van der Waals surface area contributed by atoms with E-state index in [0.717, 1.165) is 22.2 Å². The van der Waals surface area contributed by atoms with Crippen molar-refractivity contribution in [3.05, 3.63) is 84.9 Å². The number of para-hydroxylation sites is 1. The number of aromatic nitrogens is 1. The number of furan rings is 1. The average Bonchev–Trinajstić information content (AvgIpc) is 3.33. The van der Waals surface area contributed by atoms with Gasteiger partial charge in [0.1, 0.15) is 5.58 Å². The molecule has 0 amide bonds. The number of H-pyrrole nitrogens is 1. The fraction of sp³-hybridized carbons (Fsp3) is 0. The molecule has 2 nitrogen and oxygen atoms in total. The van der Waals surface area contributed by atoms with E-state index in [2.05, 4.69) is 89.9 Å². The number of rotatable bonds is 0. The highest BCUT2D eigenvalue weighted by Crippen LogP contribution is 2.44. The minimum atomic E-state index is 0.935. The minimum Gasteiger partial charge on any atom is -0.454 e. The van der Waals surface area contributed by atoms with E-state index in [4.69, 9.17) is 4.42 Å². The van der Waals surface area contributed by atoms with Crippen molar-refractivity contribution in [3.63, 3.8) is 0 Å². The zero-order valence-electron chi connectivity index (χ0n) is 15.0. The highest BCUT2D eigenvalue weighted by atomic mass is 16.3. The van der Waals surface area contributed by atoms with Gasteiger partial charge in [-0.3, -0.25) is 0 Å². The second-order valence-electron chi connectivity index (χ2n) is 7.43. The fourth-order valence-electron chi connectivity index (χ4n) is 4.81. The summed E-state index contributed by atoms with van der Waals surface area (Å²) in [4.78, 5) is 3.63. The lowest BCUT2D eigenvalue weighted by Crippen LogP contribution is -1.79. The van der Waals surface area contributed by atoms with Crippen molar-refractivity contribution in [2.45, 2.75) is 0 Å². The topological polar surface area (TPSA) is 28.9 Å². The molecular formula is C26H15NO. The van der Waals surface area contributed by atoms with Crippen molar-refractivity contribution in [1.29, 1.82) is 0 Å². The second kappa shape index (κ2) is 4.93. The average molecular weight is 357 g/mol. The monoisotopic (exact) mass is 357 g/mol. The van der Waals surface area contributed by atoms with Crippen LogP contribution in [0.2, 0.25) is 0 Å². The highest BCUT2D eigenvalue weighted by Gasteiger charge is 2.19. The lowest BCUT2D eigenvalue weighted by Gasteiger charge is -2.04. The lowest BCUT2D eigenvalue weighted by molar-refractivity contribution is 0.672. The predicted octanol–water partition coefficient (Wildman–Crippen LogP) is 7.53. The Morgan fingerprint density at radius 3 is 2.07 bits per heavy atom. The van der Waals surface area contributed by atoms with Gasteiger partial charge < -0.3 is 9.40 Å². The molecule has 2 heterocycles. The van der Waals surface area contributed by atoms with Crippen molar-refractivity contribution < 1.29 is 4.42 Å². The van der Waals surface area contributed by atoms with E-state index in [0.29, 0.717) is 0 Å². The van der Waals surface area contributed by atoms with Crippen molar-refractivity contribution in [2.75, 3.05) is 0 Å². The summed E-state index contributed by atoms with van der Waals surface area (Å²) < 4.78 is 6.48. The van der Waals surface area contributed by atoms with Crippen LogP contribution in [0, 0.1) is 0 Å².